The highest BCUT2D eigenvalue weighted by atomic mass is 19.1. The molecule has 8 heteroatoms. The van der Waals surface area contributed by atoms with Crippen LogP contribution in [0.5, 0.6) is 0 Å². The number of primary amides is 1. The van der Waals surface area contributed by atoms with E-state index in [1.54, 1.807) is 6.07 Å². The molecule has 3 rings (SSSR count). The Labute approximate surface area is 151 Å². The number of nitrogens with one attached hydrogen (secondary N) is 1. The average molecular weight is 362 g/mol. The Balaban J connectivity index is 1.72. The first-order chi connectivity index (χ1) is 12.4. The molecule has 1 saturated carbocycles. The third-order valence-corrected chi connectivity index (χ3v) is 5.12. The minimum atomic E-state index is -0.694. The first-order valence-corrected chi connectivity index (χ1v) is 8.75. The van der Waals surface area contributed by atoms with Crippen molar-refractivity contribution in [3.63, 3.8) is 0 Å². The highest BCUT2D eigenvalue weighted by Gasteiger charge is 2.33. The quantitative estimate of drug-likeness (QED) is 0.815. The number of likely N-dealkylation sites (N-methyl/N-ethyl adjacent to an activating group) is 1. The number of amides is 3. The van der Waals surface area contributed by atoms with Gasteiger partial charge in [-0.15, -0.1) is 0 Å². The van der Waals surface area contributed by atoms with Gasteiger partial charge in [-0.25, -0.2) is 4.39 Å². The van der Waals surface area contributed by atoms with E-state index in [0.717, 1.165) is 6.42 Å². The molecule has 140 valence electrons. The van der Waals surface area contributed by atoms with Gasteiger partial charge in [-0.05, 0) is 38.1 Å². The second kappa shape index (κ2) is 7.41. The molecule has 2 atom stereocenters. The van der Waals surface area contributed by atoms with E-state index in [1.165, 1.54) is 17.0 Å². The van der Waals surface area contributed by atoms with E-state index >= 15 is 0 Å². The van der Waals surface area contributed by atoms with E-state index in [4.69, 9.17) is 5.73 Å². The van der Waals surface area contributed by atoms with Crippen molar-refractivity contribution in [1.82, 2.24) is 10.2 Å². The summed E-state index contributed by atoms with van der Waals surface area (Å²) in [5.74, 6) is -2.23. The van der Waals surface area contributed by atoms with Gasteiger partial charge in [0.25, 0.3) is 5.91 Å². The molecule has 1 aromatic carbocycles. The third kappa shape index (κ3) is 3.70. The monoisotopic (exact) mass is 362 g/mol. The zero-order valence-electron chi connectivity index (χ0n) is 14.7. The largest absolute Gasteiger partial charge is 0.369 e. The van der Waals surface area contributed by atoms with E-state index in [1.807, 2.05) is 11.9 Å². The molecule has 26 heavy (non-hydrogen) atoms. The molecule has 7 nitrogen and oxygen atoms in total. The Morgan fingerprint density at radius 1 is 1.27 bits per heavy atom. The summed E-state index contributed by atoms with van der Waals surface area (Å²) in [7, 11) is 1.85. The second-order valence-electron chi connectivity index (χ2n) is 6.97. The maximum Gasteiger partial charge on any atom is 0.254 e. The molecule has 1 heterocycles. The first-order valence-electron chi connectivity index (χ1n) is 8.75. The average Bonchev–Trinajstić information content (AvgIpc) is 3.03. The van der Waals surface area contributed by atoms with Crippen molar-refractivity contribution in [2.45, 2.75) is 25.3 Å². The van der Waals surface area contributed by atoms with Crippen LogP contribution in [0, 0.1) is 11.7 Å². The van der Waals surface area contributed by atoms with Crippen molar-refractivity contribution in [2.75, 3.05) is 31.6 Å². The fourth-order valence-corrected chi connectivity index (χ4v) is 3.64. The molecule has 3 amide bonds. The van der Waals surface area contributed by atoms with E-state index in [0.29, 0.717) is 31.6 Å². The molecule has 1 saturated heterocycles. The minimum absolute atomic E-state index is 0.106. The van der Waals surface area contributed by atoms with E-state index < -0.39 is 23.5 Å². The summed E-state index contributed by atoms with van der Waals surface area (Å²) in [6.45, 7) is 1.45. The number of hydrogen-bond acceptors (Lipinski definition) is 4. The predicted octanol–water partition coefficient (Wildman–Crippen LogP) is 0.488. The summed E-state index contributed by atoms with van der Waals surface area (Å²) >= 11 is 0. The van der Waals surface area contributed by atoms with Gasteiger partial charge >= 0.3 is 0 Å². The number of anilines is 1. The minimum Gasteiger partial charge on any atom is -0.369 e. The number of benzene rings is 1. The van der Waals surface area contributed by atoms with Gasteiger partial charge in [0.05, 0.1) is 18.0 Å². The Kier molecular flexibility index (Phi) is 5.22. The van der Waals surface area contributed by atoms with Crippen LogP contribution in [-0.2, 0) is 9.59 Å². The van der Waals surface area contributed by atoms with Crippen molar-refractivity contribution in [1.29, 1.82) is 0 Å². The summed E-state index contributed by atoms with van der Waals surface area (Å²) in [6.07, 6.45) is 2.08. The maximum absolute atomic E-state index is 14.5. The van der Waals surface area contributed by atoms with Crippen LogP contribution in [0.4, 0.5) is 10.1 Å². The first kappa shape index (κ1) is 18.3. The van der Waals surface area contributed by atoms with Crippen molar-refractivity contribution < 1.29 is 18.8 Å². The fraction of sp³-hybridized carbons (Fsp3) is 0.500. The smallest absolute Gasteiger partial charge is 0.254 e. The Morgan fingerprint density at radius 2 is 2.04 bits per heavy atom. The maximum atomic E-state index is 14.5. The number of hydrogen-bond donors (Lipinski definition) is 2. The topological polar surface area (TPSA) is 95.7 Å². The second-order valence-corrected chi connectivity index (χ2v) is 6.97. The molecule has 0 radical (unpaired) electrons. The van der Waals surface area contributed by atoms with Gasteiger partial charge in [0.1, 0.15) is 5.82 Å². The van der Waals surface area contributed by atoms with Crippen LogP contribution in [0.15, 0.2) is 18.2 Å². The van der Waals surface area contributed by atoms with Gasteiger partial charge in [-0.1, -0.05) is 6.42 Å². The summed E-state index contributed by atoms with van der Waals surface area (Å²) in [5.41, 5.74) is 5.68. The molecule has 1 aliphatic heterocycles. The third-order valence-electron chi connectivity index (χ3n) is 5.12. The van der Waals surface area contributed by atoms with Crippen molar-refractivity contribution in [2.24, 2.45) is 11.7 Å². The summed E-state index contributed by atoms with van der Waals surface area (Å²) in [5, 5.41) is 2.71. The molecular formula is C18H23FN4O3. The van der Waals surface area contributed by atoms with Crippen LogP contribution >= 0.6 is 0 Å². The molecule has 0 bridgehead atoms. The Hall–Kier alpha value is -2.48. The lowest BCUT2D eigenvalue weighted by Crippen LogP contribution is -2.49. The lowest BCUT2D eigenvalue weighted by atomic mass is 10.0. The van der Waals surface area contributed by atoms with E-state index in [-0.39, 0.29) is 24.1 Å². The molecule has 1 aromatic rings. The normalized spacial score (nSPS) is 23.9. The summed E-state index contributed by atoms with van der Waals surface area (Å²) in [6, 6.07) is 3.79. The van der Waals surface area contributed by atoms with Gasteiger partial charge in [0.2, 0.25) is 11.8 Å². The Bertz CT molecular complexity index is 739. The van der Waals surface area contributed by atoms with Crippen LogP contribution in [-0.4, -0.2) is 55.3 Å². The van der Waals surface area contributed by atoms with Gasteiger partial charge in [-0.3, -0.25) is 19.3 Å². The van der Waals surface area contributed by atoms with Crippen molar-refractivity contribution in [3.8, 4) is 0 Å². The SMILES string of the molecule is CN1CCN(c2ccc(C(=O)NC3CCCC3C(N)=O)c(F)c2)C(=O)C1. The van der Waals surface area contributed by atoms with Crippen LogP contribution in [0.2, 0.25) is 0 Å². The molecule has 0 aromatic heterocycles. The van der Waals surface area contributed by atoms with Gasteiger partial charge in [0, 0.05) is 24.8 Å². The van der Waals surface area contributed by atoms with Gasteiger partial charge < -0.3 is 16.0 Å². The molecule has 1 aliphatic carbocycles. The highest BCUT2D eigenvalue weighted by Crippen LogP contribution is 2.26. The molecule has 2 fully saturated rings. The summed E-state index contributed by atoms with van der Waals surface area (Å²) in [4.78, 5) is 39.3. The van der Waals surface area contributed by atoms with Crippen LogP contribution in [0.1, 0.15) is 29.6 Å². The molecule has 2 aliphatic rings. The predicted molar refractivity (Wildman–Crippen MR) is 94.0 cm³/mol. The van der Waals surface area contributed by atoms with Crippen LogP contribution < -0.4 is 16.0 Å². The number of piperazine rings is 1. The standard InChI is InChI=1S/C18H23FN4O3/c1-22-7-8-23(16(24)10-22)11-5-6-12(14(19)9-11)18(26)21-15-4-2-3-13(15)17(20)25/h5-6,9,13,15H,2-4,7-8,10H2,1H3,(H2,20,25)(H,21,26). The van der Waals surface area contributed by atoms with Gasteiger partial charge in [-0.2, -0.15) is 0 Å². The van der Waals surface area contributed by atoms with E-state index in [2.05, 4.69) is 5.32 Å². The molecule has 2 unspecified atom stereocenters. The van der Waals surface area contributed by atoms with E-state index in [9.17, 15) is 18.8 Å². The molecule has 3 N–H and O–H groups in total. The highest BCUT2D eigenvalue weighted by molar-refractivity contribution is 5.98. The van der Waals surface area contributed by atoms with Crippen LogP contribution in [0.25, 0.3) is 0 Å². The zero-order chi connectivity index (χ0) is 18.8. The lowest BCUT2D eigenvalue weighted by molar-refractivity contribution is -0.122. The van der Waals surface area contributed by atoms with Crippen molar-refractivity contribution >= 4 is 23.4 Å². The number of carbonyl (C=O) groups excluding carboxylic acids is 3. The number of halogens is 1. The van der Waals surface area contributed by atoms with Gasteiger partial charge in [0.15, 0.2) is 0 Å². The number of nitrogens with zero attached hydrogens (tertiary/aromatic N) is 2. The van der Waals surface area contributed by atoms with Crippen LogP contribution in [0.3, 0.4) is 0 Å². The fourth-order valence-electron chi connectivity index (χ4n) is 3.64. The zero-order valence-corrected chi connectivity index (χ0v) is 14.7. The molecular weight excluding hydrogens is 339 g/mol. The summed E-state index contributed by atoms with van der Waals surface area (Å²) < 4.78 is 14.5. The number of rotatable bonds is 4. The number of carbonyl (C=O) groups is 3. The lowest BCUT2D eigenvalue weighted by Gasteiger charge is -2.32. The van der Waals surface area contributed by atoms with Crippen molar-refractivity contribution in [3.05, 3.63) is 29.6 Å². The Morgan fingerprint density at radius 3 is 2.69 bits per heavy atom. The molecule has 0 spiro atoms. The number of nitrogens with two attached hydrogens (primary N) is 1.